The van der Waals surface area contributed by atoms with Crippen LogP contribution in [0.1, 0.15) is 25.7 Å². The molecular formula is C11H22N2O2. The van der Waals surface area contributed by atoms with Crippen LogP contribution in [0.5, 0.6) is 0 Å². The van der Waals surface area contributed by atoms with Gasteiger partial charge in [-0.3, -0.25) is 11.3 Å². The average Bonchev–Trinajstić information content (AvgIpc) is 2.30. The largest absolute Gasteiger partial charge is 0.382 e. The highest BCUT2D eigenvalue weighted by Gasteiger charge is 2.14. The van der Waals surface area contributed by atoms with Crippen molar-refractivity contribution >= 4 is 0 Å². The highest BCUT2D eigenvalue weighted by molar-refractivity contribution is 5.12. The Bertz CT molecular complexity index is 195. The maximum Gasteiger partial charge on any atom is 0.0701 e. The predicted octanol–water partition coefficient (Wildman–Crippen LogP) is 0.982. The van der Waals surface area contributed by atoms with Crippen LogP contribution in [-0.2, 0) is 9.47 Å². The molecule has 4 heteroatoms. The zero-order chi connectivity index (χ0) is 10.9. The van der Waals surface area contributed by atoms with Gasteiger partial charge < -0.3 is 9.47 Å². The molecule has 4 nitrogen and oxygen atoms in total. The number of hydrogen-bond donors (Lipinski definition) is 2. The molecule has 0 radical (unpaired) electrons. The second-order valence-corrected chi connectivity index (χ2v) is 3.81. The van der Waals surface area contributed by atoms with Crippen LogP contribution in [0, 0.1) is 0 Å². The summed E-state index contributed by atoms with van der Waals surface area (Å²) in [6.07, 6.45) is 7.16. The zero-order valence-electron chi connectivity index (χ0n) is 9.50. The molecule has 15 heavy (non-hydrogen) atoms. The van der Waals surface area contributed by atoms with Crippen LogP contribution in [-0.4, -0.2) is 33.0 Å². The minimum Gasteiger partial charge on any atom is -0.382 e. The smallest absolute Gasteiger partial charge is 0.0701 e. The molecule has 0 saturated heterocycles. The number of nitrogens with two attached hydrogens (primary N) is 1. The van der Waals surface area contributed by atoms with Crippen molar-refractivity contribution in [2.24, 2.45) is 5.84 Å². The standard InChI is InChI=1S/C11H22N2O2/c1-14-7-8-15-9-11(13-12)10-5-3-2-4-6-10/h5,11,13H,2-4,6-9,12H2,1H3. The van der Waals surface area contributed by atoms with Gasteiger partial charge in [-0.05, 0) is 25.7 Å². The van der Waals surface area contributed by atoms with Crippen molar-refractivity contribution in [3.8, 4) is 0 Å². The van der Waals surface area contributed by atoms with E-state index in [4.69, 9.17) is 15.3 Å². The van der Waals surface area contributed by atoms with E-state index >= 15 is 0 Å². The van der Waals surface area contributed by atoms with Crippen LogP contribution >= 0.6 is 0 Å². The Kier molecular flexibility index (Phi) is 6.59. The topological polar surface area (TPSA) is 56.5 Å². The van der Waals surface area contributed by atoms with Gasteiger partial charge in [0.25, 0.3) is 0 Å². The molecule has 0 aromatic heterocycles. The molecular weight excluding hydrogens is 192 g/mol. The minimum atomic E-state index is 0.169. The number of allylic oxidation sites excluding steroid dienone is 1. The molecule has 0 amide bonds. The van der Waals surface area contributed by atoms with E-state index in [0.717, 1.165) is 6.42 Å². The summed E-state index contributed by atoms with van der Waals surface area (Å²) in [6, 6.07) is 0.169. The molecule has 3 N–H and O–H groups in total. The molecule has 0 spiro atoms. The molecule has 0 saturated carbocycles. The summed E-state index contributed by atoms with van der Waals surface area (Å²) >= 11 is 0. The molecule has 0 aromatic rings. The number of hydrogen-bond acceptors (Lipinski definition) is 4. The molecule has 0 aromatic carbocycles. The Balaban J connectivity index is 2.25. The average molecular weight is 214 g/mol. The van der Waals surface area contributed by atoms with Crippen molar-refractivity contribution in [2.45, 2.75) is 31.7 Å². The third kappa shape index (κ3) is 4.75. The summed E-state index contributed by atoms with van der Waals surface area (Å²) in [6.45, 7) is 1.89. The number of methoxy groups -OCH3 is 1. The maximum absolute atomic E-state index is 5.52. The van der Waals surface area contributed by atoms with Crippen LogP contribution in [0.3, 0.4) is 0 Å². The molecule has 1 unspecified atom stereocenters. The van der Waals surface area contributed by atoms with Gasteiger partial charge in [0.1, 0.15) is 0 Å². The fourth-order valence-corrected chi connectivity index (χ4v) is 1.79. The second-order valence-electron chi connectivity index (χ2n) is 3.81. The van der Waals surface area contributed by atoms with Gasteiger partial charge in [-0.2, -0.15) is 0 Å². The quantitative estimate of drug-likeness (QED) is 0.287. The molecule has 0 heterocycles. The first-order chi connectivity index (χ1) is 7.38. The van der Waals surface area contributed by atoms with E-state index in [0.29, 0.717) is 19.8 Å². The summed E-state index contributed by atoms with van der Waals surface area (Å²) in [5.41, 5.74) is 4.20. The van der Waals surface area contributed by atoms with Gasteiger partial charge in [0.05, 0.1) is 25.9 Å². The highest BCUT2D eigenvalue weighted by atomic mass is 16.5. The van der Waals surface area contributed by atoms with Crippen LogP contribution in [0.4, 0.5) is 0 Å². The summed E-state index contributed by atoms with van der Waals surface area (Å²) in [5.74, 6) is 5.52. The van der Waals surface area contributed by atoms with Crippen molar-refractivity contribution in [1.82, 2.24) is 5.43 Å². The predicted molar refractivity (Wildman–Crippen MR) is 60.4 cm³/mol. The van der Waals surface area contributed by atoms with Gasteiger partial charge in [-0.25, -0.2) is 0 Å². The van der Waals surface area contributed by atoms with Gasteiger partial charge in [-0.15, -0.1) is 0 Å². The normalized spacial score (nSPS) is 18.7. The van der Waals surface area contributed by atoms with E-state index < -0.39 is 0 Å². The van der Waals surface area contributed by atoms with E-state index in [1.807, 2.05) is 0 Å². The Hall–Kier alpha value is -0.420. The van der Waals surface area contributed by atoms with Gasteiger partial charge in [0.2, 0.25) is 0 Å². The highest BCUT2D eigenvalue weighted by Crippen LogP contribution is 2.20. The van der Waals surface area contributed by atoms with E-state index in [1.54, 1.807) is 7.11 Å². The Labute approximate surface area is 91.8 Å². The monoisotopic (exact) mass is 214 g/mol. The van der Waals surface area contributed by atoms with E-state index in [2.05, 4.69) is 11.5 Å². The van der Waals surface area contributed by atoms with Crippen LogP contribution in [0.2, 0.25) is 0 Å². The van der Waals surface area contributed by atoms with Crippen molar-refractivity contribution in [2.75, 3.05) is 26.9 Å². The first kappa shape index (κ1) is 12.6. The van der Waals surface area contributed by atoms with Gasteiger partial charge in [0, 0.05) is 7.11 Å². The lowest BCUT2D eigenvalue weighted by molar-refractivity contribution is 0.0625. The lowest BCUT2D eigenvalue weighted by Gasteiger charge is -2.22. The van der Waals surface area contributed by atoms with Crippen LogP contribution in [0.15, 0.2) is 11.6 Å². The lowest BCUT2D eigenvalue weighted by Crippen LogP contribution is -2.40. The summed E-state index contributed by atoms with van der Waals surface area (Å²) in [5, 5.41) is 0. The Morgan fingerprint density at radius 2 is 2.33 bits per heavy atom. The van der Waals surface area contributed by atoms with Crippen molar-refractivity contribution < 1.29 is 9.47 Å². The summed E-state index contributed by atoms with van der Waals surface area (Å²) in [7, 11) is 1.67. The van der Waals surface area contributed by atoms with E-state index in [9.17, 15) is 0 Å². The number of ether oxygens (including phenoxy) is 2. The van der Waals surface area contributed by atoms with Crippen LogP contribution < -0.4 is 11.3 Å². The summed E-state index contributed by atoms with van der Waals surface area (Å²) in [4.78, 5) is 0. The lowest BCUT2D eigenvalue weighted by atomic mass is 9.94. The van der Waals surface area contributed by atoms with Crippen molar-refractivity contribution in [3.05, 3.63) is 11.6 Å². The van der Waals surface area contributed by atoms with Gasteiger partial charge >= 0.3 is 0 Å². The second kappa shape index (κ2) is 7.82. The molecule has 0 aliphatic heterocycles. The minimum absolute atomic E-state index is 0.169. The third-order valence-electron chi connectivity index (χ3n) is 2.69. The fraction of sp³-hybridized carbons (Fsp3) is 0.818. The van der Waals surface area contributed by atoms with E-state index in [1.165, 1.54) is 24.8 Å². The molecule has 0 bridgehead atoms. The van der Waals surface area contributed by atoms with Crippen molar-refractivity contribution in [3.63, 3.8) is 0 Å². The van der Waals surface area contributed by atoms with Crippen LogP contribution in [0.25, 0.3) is 0 Å². The van der Waals surface area contributed by atoms with Crippen molar-refractivity contribution in [1.29, 1.82) is 0 Å². The molecule has 88 valence electrons. The Morgan fingerprint density at radius 1 is 1.47 bits per heavy atom. The van der Waals surface area contributed by atoms with Gasteiger partial charge in [-0.1, -0.05) is 11.6 Å². The summed E-state index contributed by atoms with van der Waals surface area (Å²) < 4.78 is 10.4. The Morgan fingerprint density at radius 3 is 2.93 bits per heavy atom. The number of rotatable bonds is 7. The molecule has 1 aliphatic rings. The fourth-order valence-electron chi connectivity index (χ4n) is 1.79. The number of hydrazine groups is 1. The third-order valence-corrected chi connectivity index (χ3v) is 2.69. The van der Waals surface area contributed by atoms with Gasteiger partial charge in [0.15, 0.2) is 0 Å². The zero-order valence-corrected chi connectivity index (χ0v) is 9.50. The first-order valence-electron chi connectivity index (χ1n) is 5.60. The first-order valence-corrected chi connectivity index (χ1v) is 5.60. The molecule has 1 rings (SSSR count). The van der Waals surface area contributed by atoms with E-state index in [-0.39, 0.29) is 6.04 Å². The maximum atomic E-state index is 5.52. The SMILES string of the molecule is COCCOCC(NN)C1=CCCCC1. The number of nitrogens with one attached hydrogen (secondary N) is 1. The molecule has 0 fully saturated rings. The molecule has 1 aliphatic carbocycles. The molecule has 1 atom stereocenters.